The molecular formula is C33H42O. The molecule has 1 aromatic rings. The Bertz CT molecular complexity index is 975. The molecule has 0 saturated carbocycles. The molecule has 0 amide bonds. The number of aromatic hydroxyl groups is 1. The highest BCUT2D eigenvalue weighted by Gasteiger charge is 2.23. The molecular weight excluding hydrogens is 412 g/mol. The first-order chi connectivity index (χ1) is 16.3. The minimum atomic E-state index is -0.00677. The van der Waals surface area contributed by atoms with Gasteiger partial charge in [0.05, 0.1) is 0 Å². The maximum absolute atomic E-state index is 11.5. The highest BCUT2D eigenvalue weighted by Crippen LogP contribution is 2.42. The summed E-state index contributed by atoms with van der Waals surface area (Å²) in [6.07, 6.45) is 23.9. The van der Waals surface area contributed by atoms with E-state index in [2.05, 4.69) is 70.9 Å². The first kappa shape index (κ1) is 28.7. The molecule has 0 saturated heterocycles. The Kier molecular flexibility index (Phi) is 12.5. The average Bonchev–Trinajstić information content (AvgIpc) is 2.82. The summed E-state index contributed by atoms with van der Waals surface area (Å²) < 4.78 is 0. The van der Waals surface area contributed by atoms with E-state index in [-0.39, 0.29) is 17.8 Å². The van der Waals surface area contributed by atoms with Gasteiger partial charge in [0.15, 0.2) is 0 Å². The second-order valence-electron chi connectivity index (χ2n) is 8.48. The Labute approximate surface area is 208 Å². The van der Waals surface area contributed by atoms with Gasteiger partial charge in [-0.15, -0.1) is 0 Å². The highest BCUT2D eigenvalue weighted by molar-refractivity contribution is 5.55. The van der Waals surface area contributed by atoms with Crippen LogP contribution in [0.25, 0.3) is 0 Å². The number of benzene rings is 1. The molecule has 0 spiro atoms. The fraction of sp³-hybridized carbons (Fsp3) is 0.273. The summed E-state index contributed by atoms with van der Waals surface area (Å²) in [6, 6.07) is 4.26. The largest absolute Gasteiger partial charge is 0.507 e. The average molecular weight is 455 g/mol. The van der Waals surface area contributed by atoms with Crippen LogP contribution in [0.4, 0.5) is 0 Å². The van der Waals surface area contributed by atoms with Crippen molar-refractivity contribution in [2.75, 3.05) is 0 Å². The van der Waals surface area contributed by atoms with Gasteiger partial charge < -0.3 is 5.11 Å². The van der Waals surface area contributed by atoms with Crippen molar-refractivity contribution in [3.05, 3.63) is 138 Å². The summed E-state index contributed by atoms with van der Waals surface area (Å²) in [5, 5.41) is 11.5. The zero-order chi connectivity index (χ0) is 25.7. The Morgan fingerprint density at radius 3 is 1.59 bits per heavy atom. The van der Waals surface area contributed by atoms with Crippen LogP contribution in [0.5, 0.6) is 5.75 Å². The maximum Gasteiger partial charge on any atom is 0.123 e. The molecule has 0 aromatic heterocycles. The topological polar surface area (TPSA) is 20.2 Å². The molecule has 0 bridgehead atoms. The van der Waals surface area contributed by atoms with Crippen molar-refractivity contribution < 1.29 is 5.11 Å². The van der Waals surface area contributed by atoms with E-state index in [1.54, 1.807) is 12.2 Å². The Morgan fingerprint density at radius 2 is 1.21 bits per heavy atom. The fourth-order valence-electron chi connectivity index (χ4n) is 3.97. The van der Waals surface area contributed by atoms with E-state index < -0.39 is 0 Å². The Morgan fingerprint density at radius 1 is 0.735 bits per heavy atom. The van der Waals surface area contributed by atoms with Gasteiger partial charge in [-0.1, -0.05) is 126 Å². The summed E-state index contributed by atoms with van der Waals surface area (Å²) >= 11 is 0. The number of phenolic OH excluding ortho intramolecular Hbond substituents is 1. The lowest BCUT2D eigenvalue weighted by molar-refractivity contribution is 0.456. The molecule has 1 rings (SSSR count). The number of rotatable bonds is 12. The van der Waals surface area contributed by atoms with E-state index in [4.69, 9.17) is 0 Å². The van der Waals surface area contributed by atoms with Crippen molar-refractivity contribution in [2.45, 2.75) is 59.3 Å². The van der Waals surface area contributed by atoms with Gasteiger partial charge in [0.25, 0.3) is 0 Å². The predicted molar refractivity (Wildman–Crippen MR) is 153 cm³/mol. The minimum absolute atomic E-state index is 0.00677. The molecule has 0 aliphatic rings. The molecule has 1 N–H and O–H groups in total. The van der Waals surface area contributed by atoms with Gasteiger partial charge in [0.1, 0.15) is 5.75 Å². The zero-order valence-electron chi connectivity index (χ0n) is 21.9. The molecule has 1 aromatic carbocycles. The third kappa shape index (κ3) is 7.63. The van der Waals surface area contributed by atoms with Crippen molar-refractivity contribution in [3.63, 3.8) is 0 Å². The lowest BCUT2D eigenvalue weighted by Gasteiger charge is -2.24. The lowest BCUT2D eigenvalue weighted by Crippen LogP contribution is -2.06. The summed E-state index contributed by atoms with van der Waals surface area (Å²) in [4.78, 5) is 0. The lowest BCUT2D eigenvalue weighted by atomic mass is 9.81. The summed E-state index contributed by atoms with van der Waals surface area (Å²) in [5.41, 5.74) is 6.15. The second kappa shape index (κ2) is 14.8. The van der Waals surface area contributed by atoms with Gasteiger partial charge in [-0.2, -0.15) is 0 Å². The third-order valence-electron chi connectivity index (χ3n) is 6.13. The van der Waals surface area contributed by atoms with Gasteiger partial charge in [-0.05, 0) is 43.1 Å². The summed E-state index contributed by atoms with van der Waals surface area (Å²) in [6.45, 7) is 24.5. The van der Waals surface area contributed by atoms with Crippen LogP contribution < -0.4 is 0 Å². The van der Waals surface area contributed by atoms with Crippen molar-refractivity contribution in [1.29, 1.82) is 0 Å². The van der Waals surface area contributed by atoms with Crippen molar-refractivity contribution in [2.24, 2.45) is 0 Å². The highest BCUT2D eigenvalue weighted by atomic mass is 16.3. The first-order valence-corrected chi connectivity index (χ1v) is 12.0. The third-order valence-corrected chi connectivity index (χ3v) is 6.13. The maximum atomic E-state index is 11.5. The van der Waals surface area contributed by atoms with Crippen molar-refractivity contribution in [1.82, 2.24) is 0 Å². The molecule has 0 aliphatic heterocycles. The van der Waals surface area contributed by atoms with Crippen LogP contribution in [0.1, 0.15) is 76.0 Å². The standard InChI is InChI=1S/C33H42O/c1-10-15-16-21-24(6)25(7)30-22-31(26(8)28(17-11-2)18-12-3)33(34)32(23-30)27(9)29(19-13-4)20-14-5/h10-23,25-27,34H,2,4,6H2,1,3,5,7-9H3/b15-10-,18-12-,20-14-,21-16-,28-17+,29-19+. The number of hydrogen-bond acceptors (Lipinski definition) is 1. The molecule has 3 unspecified atom stereocenters. The quantitative estimate of drug-likeness (QED) is 0.312. The molecule has 1 heteroatoms. The molecule has 1 nitrogen and oxygen atoms in total. The molecule has 0 fully saturated rings. The molecule has 34 heavy (non-hydrogen) atoms. The molecule has 0 heterocycles. The number of hydrogen-bond donors (Lipinski definition) is 1. The van der Waals surface area contributed by atoms with Crippen LogP contribution in [0.3, 0.4) is 0 Å². The van der Waals surface area contributed by atoms with E-state index >= 15 is 0 Å². The van der Waals surface area contributed by atoms with Crippen LogP contribution in [-0.4, -0.2) is 5.11 Å². The Balaban J connectivity index is 3.81. The SMILES string of the molecule is C=C/C=C(\C=C/C)C(C)c1cc(C(C)C(=C)/C=C\C=C/C)cc(C(C)C(/C=C\C)=C/C=C)c1O. The summed E-state index contributed by atoms with van der Waals surface area (Å²) in [7, 11) is 0. The van der Waals surface area contributed by atoms with Crippen molar-refractivity contribution in [3.8, 4) is 5.75 Å². The van der Waals surface area contributed by atoms with Crippen LogP contribution in [0, 0.1) is 0 Å². The zero-order valence-corrected chi connectivity index (χ0v) is 21.9. The van der Waals surface area contributed by atoms with Crippen LogP contribution in [0.2, 0.25) is 0 Å². The smallest absolute Gasteiger partial charge is 0.123 e. The van der Waals surface area contributed by atoms with Gasteiger partial charge in [-0.25, -0.2) is 0 Å². The minimum Gasteiger partial charge on any atom is -0.507 e. The summed E-state index contributed by atoms with van der Waals surface area (Å²) in [5.74, 6) is 0.423. The van der Waals surface area contributed by atoms with E-state index in [0.717, 1.165) is 33.4 Å². The monoisotopic (exact) mass is 454 g/mol. The number of allylic oxidation sites excluding steroid dienone is 15. The van der Waals surface area contributed by atoms with E-state index in [0.29, 0.717) is 5.75 Å². The number of phenols is 1. The van der Waals surface area contributed by atoms with Crippen molar-refractivity contribution >= 4 is 0 Å². The van der Waals surface area contributed by atoms with E-state index in [1.807, 2.05) is 63.3 Å². The normalized spacial score (nSPS) is 15.9. The molecule has 180 valence electrons. The first-order valence-electron chi connectivity index (χ1n) is 12.0. The van der Waals surface area contributed by atoms with Crippen LogP contribution in [0.15, 0.2) is 122 Å². The van der Waals surface area contributed by atoms with Gasteiger partial charge >= 0.3 is 0 Å². The molecule has 0 radical (unpaired) electrons. The second-order valence-corrected chi connectivity index (χ2v) is 8.48. The van der Waals surface area contributed by atoms with Gasteiger partial charge in [0.2, 0.25) is 0 Å². The predicted octanol–water partition coefficient (Wildman–Crippen LogP) is 9.77. The van der Waals surface area contributed by atoms with Gasteiger partial charge in [-0.3, -0.25) is 0 Å². The van der Waals surface area contributed by atoms with Crippen LogP contribution >= 0.6 is 0 Å². The van der Waals surface area contributed by atoms with E-state index in [9.17, 15) is 5.11 Å². The fourth-order valence-corrected chi connectivity index (χ4v) is 3.97. The molecule has 3 atom stereocenters. The van der Waals surface area contributed by atoms with Crippen LogP contribution in [-0.2, 0) is 0 Å². The van der Waals surface area contributed by atoms with Gasteiger partial charge in [0, 0.05) is 28.9 Å². The molecule has 0 aliphatic carbocycles. The Hall–Kier alpha value is -3.32. The van der Waals surface area contributed by atoms with E-state index in [1.165, 1.54) is 0 Å².